The van der Waals surface area contributed by atoms with Gasteiger partial charge in [0.25, 0.3) is 0 Å². The number of nitrogens with one attached hydrogen (secondary N) is 1. The van der Waals surface area contributed by atoms with Crippen molar-refractivity contribution in [3.05, 3.63) is 84.2 Å². The van der Waals surface area contributed by atoms with Crippen molar-refractivity contribution >= 4 is 23.5 Å². The van der Waals surface area contributed by atoms with E-state index in [9.17, 15) is 4.79 Å². The van der Waals surface area contributed by atoms with Gasteiger partial charge < -0.3 is 5.32 Å². The molecule has 4 rings (SSSR count). The van der Waals surface area contributed by atoms with Gasteiger partial charge in [-0.2, -0.15) is 4.99 Å². The van der Waals surface area contributed by atoms with E-state index in [4.69, 9.17) is 0 Å². The molecule has 0 atom stereocenters. The Bertz CT molecular complexity index is 925. The van der Waals surface area contributed by atoms with Gasteiger partial charge in [0, 0.05) is 23.6 Å². The Balaban J connectivity index is 1.69. The molecule has 1 aliphatic rings. The van der Waals surface area contributed by atoms with Gasteiger partial charge in [0.05, 0.1) is 6.54 Å². The molecule has 0 saturated heterocycles. The van der Waals surface area contributed by atoms with Gasteiger partial charge in [0.15, 0.2) is 0 Å². The fourth-order valence-corrected chi connectivity index (χ4v) is 2.75. The first-order valence-corrected chi connectivity index (χ1v) is 7.89. The van der Waals surface area contributed by atoms with Crippen molar-refractivity contribution in [2.45, 2.75) is 6.54 Å². The summed E-state index contributed by atoms with van der Waals surface area (Å²) >= 11 is 0. The normalized spacial score (nSPS) is 14.4. The second-order valence-corrected chi connectivity index (χ2v) is 5.52. The smallest absolute Gasteiger partial charge is 0.306 e. The molecule has 0 aliphatic carbocycles. The topological polar surface area (TPSA) is 70.5 Å². The van der Waals surface area contributed by atoms with Crippen molar-refractivity contribution in [1.29, 1.82) is 0 Å². The molecule has 2 amide bonds. The summed E-state index contributed by atoms with van der Waals surface area (Å²) in [6.07, 6.45) is 3.35. The van der Waals surface area contributed by atoms with Crippen LogP contribution >= 0.6 is 0 Å². The molecule has 6 heteroatoms. The molecule has 0 spiro atoms. The minimum Gasteiger partial charge on any atom is -0.306 e. The second-order valence-electron chi connectivity index (χ2n) is 5.52. The number of aliphatic imine (C=N–C) groups is 1. The van der Waals surface area contributed by atoms with Crippen molar-refractivity contribution in [3.8, 4) is 0 Å². The maximum atomic E-state index is 12.4. The lowest BCUT2D eigenvalue weighted by molar-refractivity contribution is 0.259. The van der Waals surface area contributed by atoms with Crippen LogP contribution in [0.1, 0.15) is 11.1 Å². The average molecular weight is 329 g/mol. The number of carbonyl (C=O) groups is 1. The zero-order valence-electron chi connectivity index (χ0n) is 13.3. The quantitative estimate of drug-likeness (QED) is 0.781. The fraction of sp³-hybridized carbons (Fsp3) is 0.0526. The molecule has 3 aromatic rings. The van der Waals surface area contributed by atoms with Crippen LogP contribution in [0.3, 0.4) is 0 Å². The summed E-state index contributed by atoms with van der Waals surface area (Å²) in [5.41, 5.74) is 2.70. The number of para-hydroxylation sites is 1. The van der Waals surface area contributed by atoms with Crippen LogP contribution in [0.5, 0.6) is 0 Å². The van der Waals surface area contributed by atoms with E-state index >= 15 is 0 Å². The van der Waals surface area contributed by atoms with Gasteiger partial charge in [-0.3, -0.25) is 4.90 Å². The first-order valence-electron chi connectivity index (χ1n) is 7.89. The van der Waals surface area contributed by atoms with Gasteiger partial charge in [-0.15, -0.1) is 0 Å². The molecule has 1 aromatic heterocycles. The zero-order valence-corrected chi connectivity index (χ0v) is 13.3. The molecule has 0 radical (unpaired) electrons. The minimum absolute atomic E-state index is 0.432. The van der Waals surface area contributed by atoms with Gasteiger partial charge in [-0.1, -0.05) is 42.5 Å². The molecule has 0 unspecified atom stereocenters. The highest BCUT2D eigenvalue weighted by atomic mass is 16.2. The summed E-state index contributed by atoms with van der Waals surface area (Å²) in [4.78, 5) is 27.1. The lowest BCUT2D eigenvalue weighted by Crippen LogP contribution is -2.27. The second kappa shape index (κ2) is 6.52. The van der Waals surface area contributed by atoms with E-state index < -0.39 is 6.03 Å². The molecule has 1 N–H and O–H groups in total. The molecule has 0 fully saturated rings. The number of amidine groups is 1. The number of nitrogens with zero attached hydrogens (tertiary/aromatic N) is 4. The molecule has 122 valence electrons. The van der Waals surface area contributed by atoms with Gasteiger partial charge >= 0.3 is 6.03 Å². The van der Waals surface area contributed by atoms with Crippen LogP contribution in [-0.2, 0) is 6.54 Å². The predicted molar refractivity (Wildman–Crippen MR) is 96.7 cm³/mol. The molecule has 6 nitrogen and oxygen atoms in total. The summed E-state index contributed by atoms with van der Waals surface area (Å²) < 4.78 is 0. The zero-order chi connectivity index (χ0) is 17.1. The summed E-state index contributed by atoms with van der Waals surface area (Å²) in [5.74, 6) is 1.07. The van der Waals surface area contributed by atoms with Gasteiger partial charge in [0.2, 0.25) is 5.95 Å². The molecular weight excluding hydrogens is 314 g/mol. The standard InChI is InChI=1S/C19H15N5O/c25-19(22-15-8-2-1-3-9-15)23-17-16-10-5-4-7-14(16)13-24(17)18-20-11-6-12-21-18/h1-12H,13H2,(H,22,25)/b23-17-. The number of anilines is 2. The molecule has 0 bridgehead atoms. The molecule has 2 heterocycles. The monoisotopic (exact) mass is 329 g/mol. The summed E-state index contributed by atoms with van der Waals surface area (Å²) in [5, 5.41) is 2.78. The Morgan fingerprint density at radius 2 is 1.68 bits per heavy atom. The number of hydrogen-bond acceptors (Lipinski definition) is 3. The van der Waals surface area contributed by atoms with Crippen LogP contribution in [0.25, 0.3) is 0 Å². The molecule has 25 heavy (non-hydrogen) atoms. The van der Waals surface area contributed by atoms with Crippen molar-refractivity contribution in [2.24, 2.45) is 4.99 Å². The van der Waals surface area contributed by atoms with Crippen molar-refractivity contribution in [1.82, 2.24) is 9.97 Å². The number of benzene rings is 2. The number of amides is 2. The number of rotatable bonds is 2. The van der Waals surface area contributed by atoms with Crippen molar-refractivity contribution < 1.29 is 4.79 Å². The van der Waals surface area contributed by atoms with Crippen molar-refractivity contribution in [3.63, 3.8) is 0 Å². The number of urea groups is 1. The van der Waals surface area contributed by atoms with E-state index in [0.29, 0.717) is 24.0 Å². The highest BCUT2D eigenvalue weighted by molar-refractivity contribution is 6.17. The summed E-state index contributed by atoms with van der Waals surface area (Å²) in [7, 11) is 0. The van der Waals surface area contributed by atoms with Crippen molar-refractivity contribution in [2.75, 3.05) is 10.2 Å². The minimum atomic E-state index is -0.432. The third kappa shape index (κ3) is 3.10. The predicted octanol–water partition coefficient (Wildman–Crippen LogP) is 3.48. The number of hydrogen-bond donors (Lipinski definition) is 1. The average Bonchev–Trinajstić information content (AvgIpc) is 3.02. The van der Waals surface area contributed by atoms with Crippen LogP contribution < -0.4 is 10.2 Å². The maximum Gasteiger partial charge on any atom is 0.347 e. The van der Waals surface area contributed by atoms with Crippen LogP contribution in [0.2, 0.25) is 0 Å². The molecular formula is C19H15N5O. The van der Waals surface area contributed by atoms with Gasteiger partial charge in [0.1, 0.15) is 5.84 Å². The van der Waals surface area contributed by atoms with Gasteiger partial charge in [-0.25, -0.2) is 14.8 Å². The Kier molecular flexibility index (Phi) is 3.92. The Hall–Kier alpha value is -3.54. The Labute approximate surface area is 144 Å². The Morgan fingerprint density at radius 1 is 0.960 bits per heavy atom. The number of carbonyl (C=O) groups excluding carboxylic acids is 1. The highest BCUT2D eigenvalue weighted by Gasteiger charge is 2.28. The fourth-order valence-electron chi connectivity index (χ4n) is 2.75. The van der Waals surface area contributed by atoms with Crippen LogP contribution in [-0.4, -0.2) is 21.8 Å². The summed E-state index contributed by atoms with van der Waals surface area (Å²) in [6, 6.07) is 18.4. The third-order valence-electron chi connectivity index (χ3n) is 3.87. The molecule has 1 aliphatic heterocycles. The van der Waals surface area contributed by atoms with E-state index in [1.165, 1.54) is 0 Å². The SMILES string of the molecule is O=C(/N=C1/c2ccccc2CN1c1ncccn1)Nc1ccccc1. The number of aromatic nitrogens is 2. The van der Waals surface area contributed by atoms with Crippen LogP contribution in [0.15, 0.2) is 78.0 Å². The largest absolute Gasteiger partial charge is 0.347 e. The van der Waals surface area contributed by atoms with E-state index in [1.807, 2.05) is 59.5 Å². The van der Waals surface area contributed by atoms with E-state index in [2.05, 4.69) is 20.3 Å². The first-order chi connectivity index (χ1) is 12.3. The van der Waals surface area contributed by atoms with E-state index in [-0.39, 0.29) is 0 Å². The maximum absolute atomic E-state index is 12.4. The first kappa shape index (κ1) is 15.0. The lowest BCUT2D eigenvalue weighted by Gasteiger charge is -2.16. The van der Waals surface area contributed by atoms with Crippen LogP contribution in [0, 0.1) is 0 Å². The molecule has 0 saturated carbocycles. The van der Waals surface area contributed by atoms with Crippen LogP contribution in [0.4, 0.5) is 16.4 Å². The lowest BCUT2D eigenvalue weighted by atomic mass is 10.1. The van der Waals surface area contributed by atoms with E-state index in [0.717, 1.165) is 11.1 Å². The molecule has 2 aromatic carbocycles. The number of fused-ring (bicyclic) bond motifs is 1. The van der Waals surface area contributed by atoms with E-state index in [1.54, 1.807) is 18.5 Å². The summed E-state index contributed by atoms with van der Waals surface area (Å²) in [6.45, 7) is 0.581. The third-order valence-corrected chi connectivity index (χ3v) is 3.87. The Morgan fingerprint density at radius 3 is 2.48 bits per heavy atom. The van der Waals surface area contributed by atoms with Gasteiger partial charge in [-0.05, 0) is 23.8 Å². The highest BCUT2D eigenvalue weighted by Crippen LogP contribution is 2.26.